The molecule has 2 heterocycles. The van der Waals surface area contributed by atoms with E-state index in [-0.39, 0.29) is 0 Å². The summed E-state index contributed by atoms with van der Waals surface area (Å²) in [6.45, 7) is 4.71. The van der Waals surface area contributed by atoms with Gasteiger partial charge in [0.25, 0.3) is 0 Å². The van der Waals surface area contributed by atoms with Crippen LogP contribution >= 0.6 is 11.8 Å². The van der Waals surface area contributed by atoms with Gasteiger partial charge in [0.05, 0.1) is 6.26 Å². The maximum Gasteiger partial charge on any atom is 0.211 e. The quantitative estimate of drug-likeness (QED) is 0.776. The van der Waals surface area contributed by atoms with E-state index in [1.165, 1.54) is 31.3 Å². The zero-order chi connectivity index (χ0) is 15.3. The van der Waals surface area contributed by atoms with Gasteiger partial charge in [-0.25, -0.2) is 12.7 Å². The summed E-state index contributed by atoms with van der Waals surface area (Å²) in [6, 6.07) is 0.557. The van der Waals surface area contributed by atoms with Gasteiger partial charge in [-0.15, -0.1) is 0 Å². The van der Waals surface area contributed by atoms with E-state index in [0.29, 0.717) is 18.5 Å². The van der Waals surface area contributed by atoms with E-state index in [4.69, 9.17) is 0 Å². The molecule has 21 heavy (non-hydrogen) atoms. The Balaban J connectivity index is 1.92. The Labute approximate surface area is 134 Å². The summed E-state index contributed by atoms with van der Waals surface area (Å²) >= 11 is 2.10. The fourth-order valence-electron chi connectivity index (χ4n) is 3.50. The van der Waals surface area contributed by atoms with Crippen LogP contribution in [0.4, 0.5) is 0 Å². The molecule has 2 saturated heterocycles. The topological polar surface area (TPSA) is 49.4 Å². The van der Waals surface area contributed by atoms with Crippen LogP contribution in [0, 0.1) is 5.92 Å². The third-order valence-corrected chi connectivity index (χ3v) is 7.39. The van der Waals surface area contributed by atoms with E-state index in [1.54, 1.807) is 4.31 Å². The molecular weight excluding hydrogens is 304 g/mol. The van der Waals surface area contributed by atoms with Crippen LogP contribution in [0.1, 0.15) is 45.4 Å². The number of rotatable bonds is 7. The first-order chi connectivity index (χ1) is 10.0. The minimum atomic E-state index is -3.02. The van der Waals surface area contributed by atoms with Gasteiger partial charge in [-0.05, 0) is 56.7 Å². The van der Waals surface area contributed by atoms with Crippen molar-refractivity contribution in [2.45, 2.75) is 56.7 Å². The molecule has 0 amide bonds. The zero-order valence-corrected chi connectivity index (χ0v) is 15.0. The van der Waals surface area contributed by atoms with Crippen molar-refractivity contribution in [2.24, 2.45) is 5.92 Å². The van der Waals surface area contributed by atoms with Gasteiger partial charge in [0.15, 0.2) is 0 Å². The number of piperidine rings is 1. The standard InChI is InChI=1S/C15H30N2O2S2/c1-3-8-16-14(15-7-5-10-20-15)11-13-6-4-9-17(12-13)21(2,18)19/h13-16H,3-12H2,1-2H3. The maximum atomic E-state index is 11.8. The van der Waals surface area contributed by atoms with Crippen LogP contribution in [0.5, 0.6) is 0 Å². The van der Waals surface area contributed by atoms with Crippen LogP contribution < -0.4 is 5.32 Å². The molecule has 0 aromatic carbocycles. The largest absolute Gasteiger partial charge is 0.313 e. The van der Waals surface area contributed by atoms with E-state index < -0.39 is 10.0 Å². The molecule has 0 radical (unpaired) electrons. The fraction of sp³-hybridized carbons (Fsp3) is 1.00. The summed E-state index contributed by atoms with van der Waals surface area (Å²) in [4.78, 5) is 0. The van der Waals surface area contributed by atoms with Crippen LogP contribution in [-0.2, 0) is 10.0 Å². The Morgan fingerprint density at radius 2 is 2.14 bits per heavy atom. The highest BCUT2D eigenvalue weighted by molar-refractivity contribution is 8.00. The maximum absolute atomic E-state index is 11.8. The van der Waals surface area contributed by atoms with Crippen LogP contribution in [0.3, 0.4) is 0 Å². The molecular formula is C15H30N2O2S2. The lowest BCUT2D eigenvalue weighted by Gasteiger charge is -2.34. The highest BCUT2D eigenvalue weighted by Crippen LogP contribution is 2.33. The van der Waals surface area contributed by atoms with E-state index in [2.05, 4.69) is 24.0 Å². The van der Waals surface area contributed by atoms with E-state index in [1.807, 2.05) is 0 Å². The molecule has 0 aliphatic carbocycles. The molecule has 124 valence electrons. The van der Waals surface area contributed by atoms with Crippen LogP contribution in [0.25, 0.3) is 0 Å². The second kappa shape index (κ2) is 8.18. The molecule has 0 aromatic heterocycles. The fourth-order valence-corrected chi connectivity index (χ4v) is 5.85. The van der Waals surface area contributed by atoms with E-state index >= 15 is 0 Å². The molecule has 0 aromatic rings. The van der Waals surface area contributed by atoms with Gasteiger partial charge in [-0.2, -0.15) is 11.8 Å². The Bertz CT molecular complexity index is 408. The van der Waals surface area contributed by atoms with Gasteiger partial charge in [-0.3, -0.25) is 0 Å². The predicted molar refractivity (Wildman–Crippen MR) is 91.3 cm³/mol. The number of hydrogen-bond acceptors (Lipinski definition) is 4. The summed E-state index contributed by atoms with van der Waals surface area (Å²) in [5.41, 5.74) is 0. The number of nitrogens with one attached hydrogen (secondary N) is 1. The van der Waals surface area contributed by atoms with Gasteiger partial charge in [0, 0.05) is 24.4 Å². The minimum absolute atomic E-state index is 0.518. The third kappa shape index (κ3) is 5.41. The van der Waals surface area contributed by atoms with E-state index in [9.17, 15) is 8.42 Å². The smallest absolute Gasteiger partial charge is 0.211 e. The van der Waals surface area contributed by atoms with Crippen molar-refractivity contribution in [1.82, 2.24) is 9.62 Å². The van der Waals surface area contributed by atoms with Crippen molar-refractivity contribution in [1.29, 1.82) is 0 Å². The molecule has 6 heteroatoms. The molecule has 2 aliphatic heterocycles. The number of thioether (sulfide) groups is 1. The van der Waals surface area contributed by atoms with Crippen molar-refractivity contribution in [3.63, 3.8) is 0 Å². The molecule has 0 bridgehead atoms. The second-order valence-electron chi connectivity index (χ2n) is 6.48. The molecule has 3 unspecified atom stereocenters. The highest BCUT2D eigenvalue weighted by atomic mass is 32.2. The van der Waals surface area contributed by atoms with Crippen molar-refractivity contribution in [3.8, 4) is 0 Å². The first-order valence-electron chi connectivity index (χ1n) is 8.30. The van der Waals surface area contributed by atoms with Gasteiger partial charge >= 0.3 is 0 Å². The lowest BCUT2D eigenvalue weighted by atomic mass is 9.90. The Hall–Kier alpha value is 0.220. The van der Waals surface area contributed by atoms with Gasteiger partial charge in [0.1, 0.15) is 0 Å². The number of sulfonamides is 1. The summed E-state index contributed by atoms with van der Waals surface area (Å²) in [6.07, 6.45) is 8.46. The molecule has 3 atom stereocenters. The molecule has 2 fully saturated rings. The summed E-state index contributed by atoms with van der Waals surface area (Å²) in [5.74, 6) is 1.80. The van der Waals surface area contributed by atoms with Crippen LogP contribution in [0.2, 0.25) is 0 Å². The van der Waals surface area contributed by atoms with Crippen molar-refractivity contribution >= 4 is 21.8 Å². The Kier molecular flexibility index (Phi) is 6.84. The van der Waals surface area contributed by atoms with E-state index in [0.717, 1.165) is 37.6 Å². The van der Waals surface area contributed by atoms with Crippen molar-refractivity contribution in [3.05, 3.63) is 0 Å². The molecule has 0 spiro atoms. The second-order valence-corrected chi connectivity index (χ2v) is 9.81. The molecule has 0 saturated carbocycles. The van der Waals surface area contributed by atoms with Crippen molar-refractivity contribution in [2.75, 3.05) is 31.6 Å². The molecule has 2 rings (SSSR count). The SMILES string of the molecule is CCCNC(CC1CCCN(S(C)(=O)=O)C1)C1CCCS1. The monoisotopic (exact) mass is 334 g/mol. The third-order valence-electron chi connectivity index (χ3n) is 4.61. The first-order valence-corrected chi connectivity index (χ1v) is 11.2. The zero-order valence-electron chi connectivity index (χ0n) is 13.4. The molecule has 2 aliphatic rings. The van der Waals surface area contributed by atoms with Crippen LogP contribution in [0.15, 0.2) is 0 Å². The summed E-state index contributed by atoms with van der Waals surface area (Å²) in [7, 11) is -3.02. The van der Waals surface area contributed by atoms with Gasteiger partial charge < -0.3 is 5.32 Å². The number of hydrogen-bond donors (Lipinski definition) is 1. The van der Waals surface area contributed by atoms with Crippen molar-refractivity contribution < 1.29 is 8.42 Å². The summed E-state index contributed by atoms with van der Waals surface area (Å²) < 4.78 is 25.2. The normalized spacial score (nSPS) is 29.6. The summed E-state index contributed by atoms with van der Waals surface area (Å²) in [5, 5.41) is 4.45. The first kappa shape index (κ1) is 17.6. The highest BCUT2D eigenvalue weighted by Gasteiger charge is 2.31. The van der Waals surface area contributed by atoms with Gasteiger partial charge in [0.2, 0.25) is 10.0 Å². The lowest BCUT2D eigenvalue weighted by Crippen LogP contribution is -2.44. The Morgan fingerprint density at radius 3 is 2.76 bits per heavy atom. The molecule has 1 N–H and O–H groups in total. The minimum Gasteiger partial charge on any atom is -0.313 e. The lowest BCUT2D eigenvalue weighted by molar-refractivity contribution is 0.235. The van der Waals surface area contributed by atoms with Gasteiger partial charge in [-0.1, -0.05) is 6.92 Å². The average Bonchev–Trinajstić information content (AvgIpc) is 2.97. The average molecular weight is 335 g/mol. The molecule has 4 nitrogen and oxygen atoms in total. The predicted octanol–water partition coefficient (Wildman–Crippen LogP) is 2.31. The number of nitrogens with zero attached hydrogens (tertiary/aromatic N) is 1. The van der Waals surface area contributed by atoms with Crippen LogP contribution in [-0.4, -0.2) is 55.7 Å². The Morgan fingerprint density at radius 1 is 1.33 bits per heavy atom.